The van der Waals surface area contributed by atoms with Crippen molar-refractivity contribution in [2.75, 3.05) is 45.1 Å². The summed E-state index contributed by atoms with van der Waals surface area (Å²) >= 11 is 0. The molecule has 1 saturated heterocycles. The molecule has 0 spiro atoms. The van der Waals surface area contributed by atoms with E-state index in [1.807, 2.05) is 12.1 Å². The Morgan fingerprint density at radius 3 is 2.45 bits per heavy atom. The molecular formula is C26H28N4O3. The zero-order valence-corrected chi connectivity index (χ0v) is 18.8. The first kappa shape index (κ1) is 22.6. The lowest BCUT2D eigenvalue weighted by molar-refractivity contribution is 0.0992. The number of carbonyl (C=O) groups is 1. The van der Waals surface area contributed by atoms with E-state index in [4.69, 9.17) is 14.4 Å². The summed E-state index contributed by atoms with van der Waals surface area (Å²) in [7, 11) is 2.17. The maximum atomic E-state index is 12.5. The number of rotatable bonds is 8. The molecule has 170 valence electrons. The van der Waals surface area contributed by atoms with Crippen molar-refractivity contribution >= 4 is 11.6 Å². The summed E-state index contributed by atoms with van der Waals surface area (Å²) in [6, 6.07) is 20.2. The third kappa shape index (κ3) is 6.45. The maximum Gasteiger partial charge on any atom is 0.291 e. The fourth-order valence-corrected chi connectivity index (χ4v) is 3.66. The van der Waals surface area contributed by atoms with E-state index >= 15 is 0 Å². The number of nitriles is 1. The van der Waals surface area contributed by atoms with E-state index in [9.17, 15) is 4.79 Å². The zero-order chi connectivity index (χ0) is 23.0. The van der Waals surface area contributed by atoms with Crippen molar-refractivity contribution < 1.29 is 13.9 Å². The second-order valence-corrected chi connectivity index (χ2v) is 8.24. The molecule has 0 unspecified atom stereocenters. The molecule has 1 amide bonds. The molecule has 0 saturated carbocycles. The van der Waals surface area contributed by atoms with Crippen LogP contribution in [0.5, 0.6) is 5.75 Å². The van der Waals surface area contributed by atoms with Crippen LogP contribution in [0.3, 0.4) is 0 Å². The number of ether oxygens (including phenoxy) is 1. The number of nitrogens with one attached hydrogen (secondary N) is 1. The van der Waals surface area contributed by atoms with Crippen molar-refractivity contribution in [2.24, 2.45) is 0 Å². The SMILES string of the molecule is CN1CCN(CCc2ccc(NC(=O)c3ccc(COc4ccc(C#N)cc4)o3)cc2)CC1. The molecule has 0 aliphatic carbocycles. The van der Waals surface area contributed by atoms with Gasteiger partial charge in [0.05, 0.1) is 11.6 Å². The molecule has 7 heteroatoms. The number of amides is 1. The number of hydrogen-bond acceptors (Lipinski definition) is 6. The Morgan fingerprint density at radius 2 is 1.76 bits per heavy atom. The van der Waals surface area contributed by atoms with Crippen LogP contribution in [0.4, 0.5) is 5.69 Å². The van der Waals surface area contributed by atoms with Crippen molar-refractivity contribution in [3.8, 4) is 11.8 Å². The number of benzene rings is 2. The quantitative estimate of drug-likeness (QED) is 0.570. The molecule has 4 rings (SSSR count). The molecule has 33 heavy (non-hydrogen) atoms. The second-order valence-electron chi connectivity index (χ2n) is 8.24. The summed E-state index contributed by atoms with van der Waals surface area (Å²) < 4.78 is 11.3. The second kappa shape index (κ2) is 10.8. The minimum Gasteiger partial charge on any atom is -0.486 e. The average Bonchev–Trinajstić information content (AvgIpc) is 3.33. The van der Waals surface area contributed by atoms with Crippen LogP contribution in [-0.4, -0.2) is 55.5 Å². The van der Waals surface area contributed by atoms with Crippen LogP contribution < -0.4 is 10.1 Å². The van der Waals surface area contributed by atoms with Crippen LogP contribution in [0.25, 0.3) is 0 Å². The molecule has 0 radical (unpaired) electrons. The van der Waals surface area contributed by atoms with Gasteiger partial charge in [-0.15, -0.1) is 0 Å². The largest absolute Gasteiger partial charge is 0.486 e. The van der Waals surface area contributed by atoms with E-state index < -0.39 is 0 Å². The van der Waals surface area contributed by atoms with Crippen LogP contribution in [-0.2, 0) is 13.0 Å². The predicted molar refractivity (Wildman–Crippen MR) is 126 cm³/mol. The van der Waals surface area contributed by atoms with Gasteiger partial charge in [-0.05, 0) is 67.6 Å². The Bertz CT molecular complexity index is 1090. The topological polar surface area (TPSA) is 81.7 Å². The van der Waals surface area contributed by atoms with Crippen LogP contribution in [0, 0.1) is 11.3 Å². The summed E-state index contributed by atoms with van der Waals surface area (Å²) in [5.41, 5.74) is 2.56. The Morgan fingerprint density at radius 1 is 1.03 bits per heavy atom. The normalized spacial score (nSPS) is 14.5. The Labute approximate surface area is 194 Å². The standard InChI is InChI=1S/C26H28N4O3/c1-29-14-16-30(17-15-29)13-12-20-2-6-22(7-3-20)28-26(31)25-11-10-24(33-25)19-32-23-8-4-21(18-27)5-9-23/h2-11H,12-17,19H2,1H3,(H,28,31). The van der Waals surface area contributed by atoms with Crippen LogP contribution in [0.15, 0.2) is 65.1 Å². The third-order valence-corrected chi connectivity index (χ3v) is 5.77. The van der Waals surface area contributed by atoms with Gasteiger partial charge < -0.3 is 24.3 Å². The first-order valence-corrected chi connectivity index (χ1v) is 11.1. The van der Waals surface area contributed by atoms with Gasteiger partial charge in [0, 0.05) is 38.4 Å². The van der Waals surface area contributed by atoms with E-state index in [1.165, 1.54) is 5.56 Å². The third-order valence-electron chi connectivity index (χ3n) is 5.77. The molecule has 1 aliphatic heterocycles. The van der Waals surface area contributed by atoms with E-state index in [-0.39, 0.29) is 18.3 Å². The van der Waals surface area contributed by atoms with Gasteiger partial charge in [0.15, 0.2) is 5.76 Å². The van der Waals surface area contributed by atoms with Crippen molar-refractivity contribution in [1.29, 1.82) is 5.26 Å². The lowest BCUT2D eigenvalue weighted by atomic mass is 10.1. The van der Waals surface area contributed by atoms with Crippen LogP contribution in [0.1, 0.15) is 27.4 Å². The van der Waals surface area contributed by atoms with Gasteiger partial charge >= 0.3 is 0 Å². The van der Waals surface area contributed by atoms with Crippen LogP contribution in [0.2, 0.25) is 0 Å². The highest BCUT2D eigenvalue weighted by Crippen LogP contribution is 2.17. The Hall–Kier alpha value is -3.60. The predicted octanol–water partition coefficient (Wildman–Crippen LogP) is 3.77. The summed E-state index contributed by atoms with van der Waals surface area (Å²) in [5, 5.41) is 11.7. The highest BCUT2D eigenvalue weighted by Gasteiger charge is 2.14. The number of carbonyl (C=O) groups excluding carboxylic acids is 1. The average molecular weight is 445 g/mol. The van der Waals surface area contributed by atoms with Gasteiger partial charge in [0.25, 0.3) is 5.91 Å². The van der Waals surface area contributed by atoms with E-state index in [1.54, 1.807) is 36.4 Å². The minimum absolute atomic E-state index is 0.196. The van der Waals surface area contributed by atoms with Gasteiger partial charge in [-0.25, -0.2) is 0 Å². The molecule has 0 bridgehead atoms. The van der Waals surface area contributed by atoms with Crippen molar-refractivity contribution in [1.82, 2.24) is 9.80 Å². The lowest BCUT2D eigenvalue weighted by Gasteiger charge is -2.32. The molecule has 1 aromatic heterocycles. The molecular weight excluding hydrogens is 416 g/mol. The van der Waals surface area contributed by atoms with Gasteiger partial charge in [0.2, 0.25) is 0 Å². The van der Waals surface area contributed by atoms with Gasteiger partial charge in [0.1, 0.15) is 18.1 Å². The van der Waals surface area contributed by atoms with Crippen molar-refractivity contribution in [3.05, 3.63) is 83.3 Å². The first-order chi connectivity index (χ1) is 16.1. The zero-order valence-electron chi connectivity index (χ0n) is 18.8. The fourth-order valence-electron chi connectivity index (χ4n) is 3.66. The van der Waals surface area contributed by atoms with Gasteiger partial charge in [-0.3, -0.25) is 4.79 Å². The lowest BCUT2D eigenvalue weighted by Crippen LogP contribution is -2.45. The van der Waals surface area contributed by atoms with Crippen molar-refractivity contribution in [3.63, 3.8) is 0 Å². The smallest absolute Gasteiger partial charge is 0.291 e. The molecule has 1 aliphatic rings. The summed E-state index contributed by atoms with van der Waals surface area (Å²) in [4.78, 5) is 17.4. The Balaban J connectivity index is 1.24. The van der Waals surface area contributed by atoms with Crippen LogP contribution >= 0.6 is 0 Å². The van der Waals surface area contributed by atoms with Gasteiger partial charge in [-0.2, -0.15) is 5.26 Å². The fraction of sp³-hybridized carbons (Fsp3) is 0.308. The highest BCUT2D eigenvalue weighted by molar-refractivity contribution is 6.02. The van der Waals surface area contributed by atoms with E-state index in [0.717, 1.165) is 44.8 Å². The maximum absolute atomic E-state index is 12.5. The molecule has 1 N–H and O–H groups in total. The number of likely N-dealkylation sites (N-methyl/N-ethyl adjacent to an activating group) is 1. The molecule has 7 nitrogen and oxygen atoms in total. The molecule has 0 atom stereocenters. The molecule has 1 fully saturated rings. The summed E-state index contributed by atoms with van der Waals surface area (Å²) in [6.45, 7) is 5.74. The monoisotopic (exact) mass is 444 g/mol. The highest BCUT2D eigenvalue weighted by atomic mass is 16.5. The number of nitrogens with zero attached hydrogens (tertiary/aromatic N) is 3. The van der Waals surface area contributed by atoms with Gasteiger partial charge in [-0.1, -0.05) is 12.1 Å². The van der Waals surface area contributed by atoms with Crippen molar-refractivity contribution in [2.45, 2.75) is 13.0 Å². The molecule has 2 heterocycles. The summed E-state index contributed by atoms with van der Waals surface area (Å²) in [5.74, 6) is 1.10. The number of piperazine rings is 1. The Kier molecular flexibility index (Phi) is 7.40. The number of anilines is 1. The molecule has 2 aromatic carbocycles. The number of hydrogen-bond donors (Lipinski definition) is 1. The first-order valence-electron chi connectivity index (χ1n) is 11.1. The summed E-state index contributed by atoms with van der Waals surface area (Å²) in [6.07, 6.45) is 0.999. The molecule has 3 aromatic rings. The minimum atomic E-state index is -0.301. The number of furan rings is 1. The van der Waals surface area contributed by atoms with E-state index in [0.29, 0.717) is 17.1 Å². The van der Waals surface area contributed by atoms with E-state index in [2.05, 4.69) is 40.4 Å².